The molecule has 0 aliphatic carbocycles. The molecule has 0 aliphatic heterocycles. The lowest BCUT2D eigenvalue weighted by atomic mass is 10.1. The molecule has 0 bridgehead atoms. The summed E-state index contributed by atoms with van der Waals surface area (Å²) in [6.07, 6.45) is 0. The summed E-state index contributed by atoms with van der Waals surface area (Å²) in [6.45, 7) is 8.19. The number of rotatable bonds is 5. The Bertz CT molecular complexity index is 906. The quantitative estimate of drug-likeness (QED) is 0.569. The number of hydrogen-bond donors (Lipinski definition) is 1. The number of nitrogens with one attached hydrogen (secondary N) is 1. The number of nitrogens with zero attached hydrogens (tertiary/aromatic N) is 1. The number of amides is 1. The second kappa shape index (κ2) is 8.06. The van der Waals surface area contributed by atoms with Gasteiger partial charge in [0.15, 0.2) is 4.34 Å². The normalized spacial score (nSPS) is 10.8. The van der Waals surface area contributed by atoms with Crippen LogP contribution in [0, 0.1) is 27.7 Å². The van der Waals surface area contributed by atoms with Crippen molar-refractivity contribution in [2.45, 2.75) is 32.0 Å². The van der Waals surface area contributed by atoms with Gasteiger partial charge in [0.2, 0.25) is 5.91 Å². The van der Waals surface area contributed by atoms with E-state index in [-0.39, 0.29) is 5.91 Å². The number of carbonyl (C=O) groups excluding carboxylic acids is 1. The Morgan fingerprint density at radius 2 is 1.69 bits per heavy atom. The lowest BCUT2D eigenvalue weighted by Gasteiger charge is -2.12. The topological polar surface area (TPSA) is 42.0 Å². The van der Waals surface area contributed by atoms with Crippen LogP contribution in [0.3, 0.4) is 0 Å². The fraction of sp³-hybridized carbons (Fsp3) is 0.238. The molecule has 0 aliphatic rings. The van der Waals surface area contributed by atoms with Gasteiger partial charge in [-0.05, 0) is 38.8 Å². The SMILES string of the molecule is Cc1ccc(-c2csc(SCC(=O)Nc3c(C)cc(C)cc3C)n2)cc1. The monoisotopic (exact) mass is 382 g/mol. The van der Waals surface area contributed by atoms with Crippen LogP contribution in [0.25, 0.3) is 11.3 Å². The van der Waals surface area contributed by atoms with E-state index in [9.17, 15) is 4.79 Å². The molecule has 0 spiro atoms. The predicted molar refractivity (Wildman–Crippen MR) is 112 cm³/mol. The van der Waals surface area contributed by atoms with E-state index in [1.807, 2.05) is 19.2 Å². The summed E-state index contributed by atoms with van der Waals surface area (Å²) < 4.78 is 0.910. The third kappa shape index (κ3) is 4.54. The molecule has 2 aromatic carbocycles. The standard InChI is InChI=1S/C21H22N2OS2/c1-13-5-7-17(8-6-13)18-11-25-21(22-18)26-12-19(24)23-20-15(3)9-14(2)10-16(20)4/h5-11H,12H2,1-4H3,(H,23,24). The molecule has 0 unspecified atom stereocenters. The van der Waals surface area contributed by atoms with Gasteiger partial charge < -0.3 is 5.32 Å². The number of hydrogen-bond acceptors (Lipinski definition) is 4. The summed E-state index contributed by atoms with van der Waals surface area (Å²) in [5, 5.41) is 5.08. The van der Waals surface area contributed by atoms with Crippen molar-refractivity contribution in [3.05, 3.63) is 64.0 Å². The van der Waals surface area contributed by atoms with Crippen LogP contribution in [0.1, 0.15) is 22.3 Å². The van der Waals surface area contributed by atoms with Crippen molar-refractivity contribution in [3.63, 3.8) is 0 Å². The van der Waals surface area contributed by atoms with Crippen molar-refractivity contribution in [1.29, 1.82) is 0 Å². The number of thiazole rings is 1. The number of anilines is 1. The van der Waals surface area contributed by atoms with E-state index < -0.39 is 0 Å². The van der Waals surface area contributed by atoms with Crippen molar-refractivity contribution in [2.75, 3.05) is 11.1 Å². The van der Waals surface area contributed by atoms with Gasteiger partial charge in [-0.2, -0.15) is 0 Å². The Morgan fingerprint density at radius 3 is 2.35 bits per heavy atom. The Labute approximate surface area is 162 Å². The molecule has 0 saturated heterocycles. The minimum Gasteiger partial charge on any atom is -0.325 e. The fourth-order valence-electron chi connectivity index (χ4n) is 2.86. The minimum absolute atomic E-state index is 0.00265. The highest BCUT2D eigenvalue weighted by Crippen LogP contribution is 2.29. The Hall–Kier alpha value is -2.11. The fourth-order valence-corrected chi connectivity index (χ4v) is 4.50. The van der Waals surface area contributed by atoms with E-state index in [2.05, 4.69) is 60.5 Å². The zero-order chi connectivity index (χ0) is 18.7. The molecule has 1 aromatic heterocycles. The first-order valence-corrected chi connectivity index (χ1v) is 10.3. The summed E-state index contributed by atoms with van der Waals surface area (Å²) in [5.74, 6) is 0.352. The zero-order valence-electron chi connectivity index (χ0n) is 15.4. The highest BCUT2D eigenvalue weighted by molar-refractivity contribution is 8.01. The minimum atomic E-state index is -0.00265. The smallest absolute Gasteiger partial charge is 0.234 e. The second-order valence-corrected chi connectivity index (χ2v) is 8.56. The van der Waals surface area contributed by atoms with Crippen LogP contribution in [0.2, 0.25) is 0 Å². The highest BCUT2D eigenvalue weighted by Gasteiger charge is 2.11. The van der Waals surface area contributed by atoms with Crippen molar-refractivity contribution in [2.24, 2.45) is 0 Å². The molecular weight excluding hydrogens is 360 g/mol. The molecule has 0 atom stereocenters. The summed E-state index contributed by atoms with van der Waals surface area (Å²) in [7, 11) is 0. The number of aryl methyl sites for hydroxylation is 4. The molecule has 5 heteroatoms. The maximum absolute atomic E-state index is 12.3. The first-order valence-electron chi connectivity index (χ1n) is 8.45. The number of benzene rings is 2. The van der Waals surface area contributed by atoms with E-state index >= 15 is 0 Å². The molecule has 1 heterocycles. The van der Waals surface area contributed by atoms with Crippen LogP contribution < -0.4 is 5.32 Å². The molecule has 134 valence electrons. The molecule has 0 radical (unpaired) electrons. The van der Waals surface area contributed by atoms with E-state index in [4.69, 9.17) is 0 Å². The molecule has 0 fully saturated rings. The van der Waals surface area contributed by atoms with Crippen LogP contribution in [0.5, 0.6) is 0 Å². The number of carbonyl (C=O) groups is 1. The molecule has 1 amide bonds. The second-order valence-electron chi connectivity index (χ2n) is 6.48. The predicted octanol–water partition coefficient (Wildman–Crippen LogP) is 5.77. The average Bonchev–Trinajstić information content (AvgIpc) is 3.06. The van der Waals surface area contributed by atoms with Gasteiger partial charge in [-0.3, -0.25) is 4.79 Å². The van der Waals surface area contributed by atoms with Crippen LogP contribution in [-0.2, 0) is 4.79 Å². The van der Waals surface area contributed by atoms with Gasteiger partial charge in [-0.1, -0.05) is 59.3 Å². The maximum atomic E-state index is 12.3. The lowest BCUT2D eigenvalue weighted by molar-refractivity contribution is -0.113. The van der Waals surface area contributed by atoms with Crippen LogP contribution >= 0.6 is 23.1 Å². The molecule has 3 aromatic rings. The van der Waals surface area contributed by atoms with Crippen molar-refractivity contribution >= 4 is 34.7 Å². The summed E-state index contributed by atoms with van der Waals surface area (Å²) in [4.78, 5) is 17.0. The summed E-state index contributed by atoms with van der Waals surface area (Å²) >= 11 is 3.05. The molecule has 3 nitrogen and oxygen atoms in total. The van der Waals surface area contributed by atoms with Gasteiger partial charge in [0.25, 0.3) is 0 Å². The molecular formula is C21H22N2OS2. The van der Waals surface area contributed by atoms with E-state index in [0.29, 0.717) is 5.75 Å². The van der Waals surface area contributed by atoms with E-state index in [1.165, 1.54) is 22.9 Å². The van der Waals surface area contributed by atoms with Crippen LogP contribution in [-0.4, -0.2) is 16.6 Å². The highest BCUT2D eigenvalue weighted by atomic mass is 32.2. The van der Waals surface area contributed by atoms with Crippen molar-refractivity contribution in [1.82, 2.24) is 4.98 Å². The third-order valence-corrected chi connectivity index (χ3v) is 6.12. The number of thioether (sulfide) groups is 1. The Morgan fingerprint density at radius 1 is 1.04 bits per heavy atom. The molecule has 1 N–H and O–H groups in total. The molecule has 26 heavy (non-hydrogen) atoms. The van der Waals surface area contributed by atoms with Crippen molar-refractivity contribution < 1.29 is 4.79 Å². The largest absolute Gasteiger partial charge is 0.325 e. The van der Waals surface area contributed by atoms with Gasteiger partial charge in [-0.15, -0.1) is 11.3 Å². The first-order chi connectivity index (χ1) is 12.4. The van der Waals surface area contributed by atoms with E-state index in [0.717, 1.165) is 32.4 Å². The maximum Gasteiger partial charge on any atom is 0.234 e. The van der Waals surface area contributed by atoms with Gasteiger partial charge in [0, 0.05) is 16.6 Å². The Balaban J connectivity index is 1.61. The van der Waals surface area contributed by atoms with Gasteiger partial charge >= 0.3 is 0 Å². The lowest BCUT2D eigenvalue weighted by Crippen LogP contribution is -2.15. The van der Waals surface area contributed by atoms with Gasteiger partial charge in [-0.25, -0.2) is 4.98 Å². The average molecular weight is 383 g/mol. The van der Waals surface area contributed by atoms with Crippen LogP contribution in [0.15, 0.2) is 46.1 Å². The van der Waals surface area contributed by atoms with Gasteiger partial charge in [0.05, 0.1) is 11.4 Å². The summed E-state index contributed by atoms with van der Waals surface area (Å²) in [5.41, 5.74) is 7.61. The van der Waals surface area contributed by atoms with Gasteiger partial charge in [0.1, 0.15) is 0 Å². The van der Waals surface area contributed by atoms with Crippen LogP contribution in [0.4, 0.5) is 5.69 Å². The Kier molecular flexibility index (Phi) is 5.79. The molecule has 3 rings (SSSR count). The first kappa shape index (κ1) is 18.7. The zero-order valence-corrected chi connectivity index (χ0v) is 17.1. The molecule has 0 saturated carbocycles. The number of aromatic nitrogens is 1. The van der Waals surface area contributed by atoms with Crippen molar-refractivity contribution in [3.8, 4) is 11.3 Å². The third-order valence-electron chi connectivity index (χ3n) is 4.10. The van der Waals surface area contributed by atoms with E-state index in [1.54, 1.807) is 11.3 Å². The summed E-state index contributed by atoms with van der Waals surface area (Å²) in [6, 6.07) is 12.5.